The van der Waals surface area contributed by atoms with Crippen LogP contribution in [-0.4, -0.2) is 56.1 Å². The van der Waals surface area contributed by atoms with E-state index in [1.165, 1.54) is 0 Å². The van der Waals surface area contributed by atoms with Gasteiger partial charge >= 0.3 is 0 Å². The Morgan fingerprint density at radius 2 is 1.96 bits per heavy atom. The molecule has 1 amide bonds. The maximum atomic E-state index is 12.3. The summed E-state index contributed by atoms with van der Waals surface area (Å²) in [6.45, 7) is 0.578. The highest BCUT2D eigenvalue weighted by molar-refractivity contribution is 7.99. The molecule has 1 aliphatic heterocycles. The lowest BCUT2D eigenvalue weighted by molar-refractivity contribution is -0.132. The summed E-state index contributed by atoms with van der Waals surface area (Å²) in [6, 6.07) is 3.73. The van der Waals surface area contributed by atoms with E-state index >= 15 is 0 Å². The van der Waals surface area contributed by atoms with Crippen molar-refractivity contribution in [3.8, 4) is 17.2 Å². The number of benzene rings is 1. The van der Waals surface area contributed by atoms with E-state index in [2.05, 4.69) is 0 Å². The molecule has 1 atom stereocenters. The van der Waals surface area contributed by atoms with Gasteiger partial charge in [-0.05, 0) is 18.6 Å². The van der Waals surface area contributed by atoms with Crippen molar-refractivity contribution in [3.05, 3.63) is 17.7 Å². The van der Waals surface area contributed by atoms with E-state index in [0.717, 1.165) is 11.3 Å². The maximum Gasteiger partial charge on any atom is 0.224 e. The molecule has 0 saturated carbocycles. The minimum absolute atomic E-state index is 0.0598. The number of carbonyl (C=O) groups is 1. The Hall–Kier alpha value is -1.60. The molecule has 1 unspecified atom stereocenters. The Bertz CT molecular complexity index is 552. The maximum absolute atomic E-state index is 12.3. The van der Waals surface area contributed by atoms with Crippen molar-refractivity contribution >= 4 is 17.7 Å². The van der Waals surface area contributed by atoms with Gasteiger partial charge in [-0.25, -0.2) is 0 Å². The molecule has 6 nitrogen and oxygen atoms in total. The van der Waals surface area contributed by atoms with Crippen LogP contribution in [0.15, 0.2) is 12.1 Å². The molecule has 2 rings (SSSR count). The third kappa shape index (κ3) is 3.67. The first-order chi connectivity index (χ1) is 11.2. The average Bonchev–Trinajstić information content (AvgIpc) is 2.59. The van der Waals surface area contributed by atoms with Gasteiger partial charge in [-0.15, -0.1) is 11.8 Å². The van der Waals surface area contributed by atoms with Crippen LogP contribution >= 0.6 is 11.8 Å². The van der Waals surface area contributed by atoms with Crippen LogP contribution in [0.4, 0.5) is 0 Å². The van der Waals surface area contributed by atoms with Crippen LogP contribution in [0.2, 0.25) is 0 Å². The predicted octanol–water partition coefficient (Wildman–Crippen LogP) is 2.06. The lowest BCUT2D eigenvalue weighted by Crippen LogP contribution is -2.38. The third-order valence-corrected chi connectivity index (χ3v) is 5.02. The van der Waals surface area contributed by atoms with Gasteiger partial charge in [0.2, 0.25) is 11.7 Å². The number of nitrogens with zero attached hydrogens (tertiary/aromatic N) is 1. The number of rotatable bonds is 7. The molecule has 0 spiro atoms. The molecule has 1 saturated heterocycles. The fourth-order valence-corrected chi connectivity index (χ4v) is 3.97. The van der Waals surface area contributed by atoms with Gasteiger partial charge in [-0.3, -0.25) is 4.79 Å². The topological polar surface area (TPSA) is 68.2 Å². The van der Waals surface area contributed by atoms with Crippen LogP contribution in [0.25, 0.3) is 0 Å². The summed E-state index contributed by atoms with van der Waals surface area (Å²) in [5.41, 5.74) is 0.876. The third-order valence-electron chi connectivity index (χ3n) is 3.75. The molecule has 7 heteroatoms. The molecule has 0 radical (unpaired) electrons. The fourth-order valence-electron chi connectivity index (χ4n) is 2.68. The van der Waals surface area contributed by atoms with E-state index in [-0.39, 0.29) is 17.9 Å². The predicted molar refractivity (Wildman–Crippen MR) is 89.3 cm³/mol. The van der Waals surface area contributed by atoms with E-state index in [0.29, 0.717) is 36.6 Å². The first kappa shape index (κ1) is 17.7. The zero-order valence-corrected chi connectivity index (χ0v) is 14.5. The average molecular weight is 341 g/mol. The zero-order valence-electron chi connectivity index (χ0n) is 13.7. The van der Waals surface area contributed by atoms with Gasteiger partial charge < -0.3 is 24.2 Å². The van der Waals surface area contributed by atoms with E-state index < -0.39 is 0 Å². The van der Waals surface area contributed by atoms with Gasteiger partial charge in [0.25, 0.3) is 0 Å². The van der Waals surface area contributed by atoms with Gasteiger partial charge in [0, 0.05) is 30.9 Å². The van der Waals surface area contributed by atoms with Crippen molar-refractivity contribution in [2.45, 2.75) is 18.2 Å². The lowest BCUT2D eigenvalue weighted by atomic mass is 10.1. The zero-order chi connectivity index (χ0) is 16.8. The SMILES string of the molecule is COc1ccc(C2SCCC(=O)N2CCCO)c(OC)c1OC. The molecule has 1 N–H and O–H groups in total. The Labute approximate surface area is 140 Å². The van der Waals surface area contributed by atoms with E-state index in [1.807, 2.05) is 12.1 Å². The van der Waals surface area contributed by atoms with Crippen molar-refractivity contribution < 1.29 is 24.1 Å². The van der Waals surface area contributed by atoms with Crippen LogP contribution in [0.3, 0.4) is 0 Å². The summed E-state index contributed by atoms with van der Waals surface area (Å²) < 4.78 is 16.3. The number of hydrogen-bond donors (Lipinski definition) is 1. The fraction of sp³-hybridized carbons (Fsp3) is 0.562. The van der Waals surface area contributed by atoms with E-state index in [9.17, 15) is 4.79 Å². The Morgan fingerprint density at radius 1 is 1.22 bits per heavy atom. The Balaban J connectivity index is 2.43. The monoisotopic (exact) mass is 341 g/mol. The first-order valence-electron chi connectivity index (χ1n) is 7.48. The number of thioether (sulfide) groups is 1. The molecule has 1 heterocycles. The number of aliphatic hydroxyl groups excluding tert-OH is 1. The summed E-state index contributed by atoms with van der Waals surface area (Å²) in [5.74, 6) is 2.54. The molecule has 1 aromatic carbocycles. The molecule has 128 valence electrons. The van der Waals surface area contributed by atoms with Crippen molar-refractivity contribution in [3.63, 3.8) is 0 Å². The highest BCUT2D eigenvalue weighted by Crippen LogP contribution is 2.47. The van der Waals surface area contributed by atoms with Crippen molar-refractivity contribution in [2.24, 2.45) is 0 Å². The van der Waals surface area contributed by atoms with Crippen LogP contribution < -0.4 is 14.2 Å². The Kier molecular flexibility index (Phi) is 6.41. The second-order valence-electron chi connectivity index (χ2n) is 5.06. The molecule has 1 fully saturated rings. The lowest BCUT2D eigenvalue weighted by Gasteiger charge is -2.36. The summed E-state index contributed by atoms with van der Waals surface area (Å²) in [4.78, 5) is 14.1. The van der Waals surface area contributed by atoms with Gasteiger partial charge in [-0.2, -0.15) is 0 Å². The molecule has 1 aliphatic rings. The summed E-state index contributed by atoms with van der Waals surface area (Å²) >= 11 is 1.69. The summed E-state index contributed by atoms with van der Waals surface area (Å²) in [7, 11) is 4.71. The van der Waals surface area contributed by atoms with Crippen LogP contribution in [-0.2, 0) is 4.79 Å². The molecule has 23 heavy (non-hydrogen) atoms. The van der Waals surface area contributed by atoms with Crippen molar-refractivity contribution in [1.29, 1.82) is 0 Å². The molecular formula is C16H23NO5S. The van der Waals surface area contributed by atoms with Crippen LogP contribution in [0, 0.1) is 0 Å². The minimum Gasteiger partial charge on any atom is -0.493 e. The normalized spacial score (nSPS) is 18.0. The number of carbonyl (C=O) groups excluding carboxylic acids is 1. The summed E-state index contributed by atoms with van der Waals surface area (Å²) in [5, 5.41) is 8.93. The highest BCUT2D eigenvalue weighted by atomic mass is 32.2. The second-order valence-corrected chi connectivity index (χ2v) is 6.25. The van der Waals surface area contributed by atoms with Gasteiger partial charge in [0.15, 0.2) is 11.5 Å². The van der Waals surface area contributed by atoms with E-state index in [1.54, 1.807) is 38.0 Å². The van der Waals surface area contributed by atoms with Crippen molar-refractivity contribution in [1.82, 2.24) is 4.90 Å². The van der Waals surface area contributed by atoms with Crippen molar-refractivity contribution in [2.75, 3.05) is 40.2 Å². The number of ether oxygens (including phenoxy) is 3. The van der Waals surface area contributed by atoms with Gasteiger partial charge in [0.05, 0.1) is 21.3 Å². The second kappa shape index (κ2) is 8.31. The van der Waals surface area contributed by atoms with E-state index in [4.69, 9.17) is 19.3 Å². The molecule has 0 aromatic heterocycles. The first-order valence-corrected chi connectivity index (χ1v) is 8.53. The number of amides is 1. The molecule has 1 aromatic rings. The Morgan fingerprint density at radius 3 is 2.57 bits per heavy atom. The quantitative estimate of drug-likeness (QED) is 0.819. The molecular weight excluding hydrogens is 318 g/mol. The number of methoxy groups -OCH3 is 3. The standard InChI is InChI=1S/C16H23NO5S/c1-20-12-6-5-11(14(21-2)15(12)22-3)16-17(8-4-9-18)13(19)7-10-23-16/h5-6,16,18H,4,7-10H2,1-3H3. The molecule has 0 bridgehead atoms. The van der Waals surface area contributed by atoms with Crippen LogP contribution in [0.1, 0.15) is 23.8 Å². The van der Waals surface area contributed by atoms with Crippen LogP contribution in [0.5, 0.6) is 17.2 Å². The number of hydrogen-bond acceptors (Lipinski definition) is 6. The summed E-state index contributed by atoms with van der Waals surface area (Å²) in [6.07, 6.45) is 1.07. The smallest absolute Gasteiger partial charge is 0.224 e. The largest absolute Gasteiger partial charge is 0.493 e. The highest BCUT2D eigenvalue weighted by Gasteiger charge is 2.33. The minimum atomic E-state index is -0.155. The van der Waals surface area contributed by atoms with Gasteiger partial charge in [-0.1, -0.05) is 0 Å². The van der Waals surface area contributed by atoms with Gasteiger partial charge in [0.1, 0.15) is 5.37 Å². The molecule has 0 aliphatic carbocycles. The number of aliphatic hydroxyl groups is 1.